The Morgan fingerprint density at radius 2 is 2.00 bits per heavy atom. The summed E-state index contributed by atoms with van der Waals surface area (Å²) in [7, 11) is 1.64. The van der Waals surface area contributed by atoms with Crippen molar-refractivity contribution in [2.24, 2.45) is 4.99 Å². The van der Waals surface area contributed by atoms with E-state index in [0.29, 0.717) is 49.0 Å². The van der Waals surface area contributed by atoms with Crippen LogP contribution in [0.2, 0.25) is 0 Å². The Balaban J connectivity index is 1.55. The summed E-state index contributed by atoms with van der Waals surface area (Å²) in [6, 6.07) is 9.48. The highest BCUT2D eigenvalue weighted by atomic mass is 19.1. The normalized spacial score (nSPS) is 13.7. The molecule has 0 spiro atoms. The zero-order chi connectivity index (χ0) is 18.4. The minimum atomic E-state index is -0.310. The van der Waals surface area contributed by atoms with Crippen LogP contribution in [-0.2, 0) is 24.3 Å². The maximum absolute atomic E-state index is 13.8. The summed E-state index contributed by atoms with van der Waals surface area (Å²) >= 11 is 0. The van der Waals surface area contributed by atoms with Crippen LogP contribution in [0.15, 0.2) is 41.4 Å². The van der Waals surface area contributed by atoms with Gasteiger partial charge in [-0.25, -0.2) is 8.78 Å². The van der Waals surface area contributed by atoms with E-state index in [-0.39, 0.29) is 18.4 Å². The van der Waals surface area contributed by atoms with Gasteiger partial charge in [0.2, 0.25) is 0 Å². The van der Waals surface area contributed by atoms with Crippen LogP contribution in [0.4, 0.5) is 8.78 Å². The molecule has 0 amide bonds. The Kier molecular flexibility index (Phi) is 6.01. The quantitative estimate of drug-likeness (QED) is 0.635. The topological polar surface area (TPSA) is 54.9 Å². The van der Waals surface area contributed by atoms with E-state index in [4.69, 9.17) is 9.47 Å². The van der Waals surface area contributed by atoms with Crippen LogP contribution >= 0.6 is 0 Å². The molecule has 0 aromatic heterocycles. The standard InChI is InChI=1S/C19H21F2N3O2/c1-22-19(24-10-14-4-2-3-5-17(14)21)23-7-6-13-8-16(20)9-15-11-25-12-26-18(13)15/h2-5,8-9H,6-7,10-12H2,1H3,(H2,22,23,24). The number of fused-ring (bicyclic) bond motifs is 1. The van der Waals surface area contributed by atoms with Crippen LogP contribution < -0.4 is 15.4 Å². The van der Waals surface area contributed by atoms with E-state index >= 15 is 0 Å². The second-order valence-electron chi connectivity index (χ2n) is 5.86. The fourth-order valence-corrected chi connectivity index (χ4v) is 2.80. The van der Waals surface area contributed by atoms with Gasteiger partial charge >= 0.3 is 0 Å². The summed E-state index contributed by atoms with van der Waals surface area (Å²) in [5.74, 6) is 0.660. The van der Waals surface area contributed by atoms with E-state index in [1.165, 1.54) is 18.2 Å². The first kappa shape index (κ1) is 18.1. The number of nitrogens with one attached hydrogen (secondary N) is 2. The van der Waals surface area contributed by atoms with Gasteiger partial charge in [0.05, 0.1) is 6.61 Å². The maximum Gasteiger partial charge on any atom is 0.191 e. The van der Waals surface area contributed by atoms with Crippen molar-refractivity contribution in [2.75, 3.05) is 20.4 Å². The maximum atomic E-state index is 13.8. The Labute approximate surface area is 151 Å². The Morgan fingerprint density at radius 3 is 2.81 bits per heavy atom. The lowest BCUT2D eigenvalue weighted by Gasteiger charge is -2.21. The highest BCUT2D eigenvalue weighted by molar-refractivity contribution is 5.79. The van der Waals surface area contributed by atoms with Crippen LogP contribution in [0.3, 0.4) is 0 Å². The van der Waals surface area contributed by atoms with Crippen molar-refractivity contribution in [3.63, 3.8) is 0 Å². The molecular formula is C19H21F2N3O2. The van der Waals surface area contributed by atoms with Gasteiger partial charge in [-0.2, -0.15) is 0 Å². The van der Waals surface area contributed by atoms with Gasteiger partial charge in [0.15, 0.2) is 12.8 Å². The van der Waals surface area contributed by atoms with Crippen LogP contribution in [0.25, 0.3) is 0 Å². The first-order valence-electron chi connectivity index (χ1n) is 8.37. The largest absolute Gasteiger partial charge is 0.467 e. The van der Waals surface area contributed by atoms with Crippen molar-refractivity contribution in [2.45, 2.75) is 19.6 Å². The molecule has 138 valence electrons. The Hall–Kier alpha value is -2.67. The molecule has 1 heterocycles. The number of ether oxygens (including phenoxy) is 2. The highest BCUT2D eigenvalue weighted by Crippen LogP contribution is 2.29. The zero-order valence-corrected chi connectivity index (χ0v) is 14.5. The minimum absolute atomic E-state index is 0.172. The number of hydrogen-bond acceptors (Lipinski definition) is 3. The molecular weight excluding hydrogens is 340 g/mol. The fraction of sp³-hybridized carbons (Fsp3) is 0.316. The third kappa shape index (κ3) is 4.49. The van der Waals surface area contributed by atoms with Gasteiger partial charge in [0.25, 0.3) is 0 Å². The van der Waals surface area contributed by atoms with Crippen molar-refractivity contribution < 1.29 is 18.3 Å². The number of nitrogens with zero attached hydrogens (tertiary/aromatic N) is 1. The lowest BCUT2D eigenvalue weighted by molar-refractivity contribution is -0.0172. The van der Waals surface area contributed by atoms with Gasteiger partial charge in [-0.3, -0.25) is 4.99 Å². The van der Waals surface area contributed by atoms with Crippen LogP contribution in [0, 0.1) is 11.6 Å². The van der Waals surface area contributed by atoms with E-state index in [1.807, 2.05) is 0 Å². The zero-order valence-electron chi connectivity index (χ0n) is 14.5. The molecule has 26 heavy (non-hydrogen) atoms. The highest BCUT2D eigenvalue weighted by Gasteiger charge is 2.16. The van der Waals surface area contributed by atoms with Gasteiger partial charge < -0.3 is 20.1 Å². The molecule has 0 atom stereocenters. The lowest BCUT2D eigenvalue weighted by atomic mass is 10.1. The van der Waals surface area contributed by atoms with Crippen molar-refractivity contribution in [1.82, 2.24) is 10.6 Å². The van der Waals surface area contributed by atoms with Crippen molar-refractivity contribution in [3.8, 4) is 5.75 Å². The minimum Gasteiger partial charge on any atom is -0.467 e. The fourth-order valence-electron chi connectivity index (χ4n) is 2.80. The molecule has 0 radical (unpaired) electrons. The molecule has 0 saturated heterocycles. The third-order valence-electron chi connectivity index (χ3n) is 4.07. The number of benzene rings is 2. The number of aliphatic imine (C=N–C) groups is 1. The molecule has 5 nitrogen and oxygen atoms in total. The average Bonchev–Trinajstić information content (AvgIpc) is 2.65. The summed E-state index contributed by atoms with van der Waals surface area (Å²) in [5.41, 5.74) is 2.05. The van der Waals surface area contributed by atoms with Gasteiger partial charge in [-0.15, -0.1) is 0 Å². The van der Waals surface area contributed by atoms with E-state index in [2.05, 4.69) is 15.6 Å². The molecule has 0 aliphatic carbocycles. The predicted octanol–water partition coefficient (Wildman–Crippen LogP) is 2.74. The molecule has 2 N–H and O–H groups in total. The number of guanidine groups is 1. The van der Waals surface area contributed by atoms with E-state index < -0.39 is 0 Å². The summed E-state index contributed by atoms with van der Waals surface area (Å²) in [5, 5.41) is 6.20. The molecule has 1 aliphatic rings. The molecule has 7 heteroatoms. The van der Waals surface area contributed by atoms with Crippen molar-refractivity contribution in [1.29, 1.82) is 0 Å². The molecule has 0 bridgehead atoms. The Bertz CT molecular complexity index is 796. The second-order valence-corrected chi connectivity index (χ2v) is 5.86. The number of rotatable bonds is 5. The SMILES string of the molecule is CN=C(NCCc1cc(F)cc2c1OCOC2)NCc1ccccc1F. The number of hydrogen-bond donors (Lipinski definition) is 2. The molecule has 1 aliphatic heterocycles. The van der Waals surface area contributed by atoms with Crippen LogP contribution in [-0.4, -0.2) is 26.3 Å². The average molecular weight is 361 g/mol. The summed E-state index contributed by atoms with van der Waals surface area (Å²) in [6.45, 7) is 1.36. The van der Waals surface area contributed by atoms with E-state index in [1.54, 1.807) is 25.2 Å². The Morgan fingerprint density at radius 1 is 1.15 bits per heavy atom. The van der Waals surface area contributed by atoms with E-state index in [9.17, 15) is 8.78 Å². The predicted molar refractivity (Wildman–Crippen MR) is 95.0 cm³/mol. The summed E-state index contributed by atoms with van der Waals surface area (Å²) < 4.78 is 38.1. The molecule has 0 fully saturated rings. The summed E-state index contributed by atoms with van der Waals surface area (Å²) in [6.07, 6.45) is 0.556. The first-order chi connectivity index (χ1) is 12.7. The molecule has 0 saturated carbocycles. The van der Waals surface area contributed by atoms with Gasteiger partial charge in [-0.05, 0) is 30.2 Å². The van der Waals surface area contributed by atoms with Gasteiger partial charge in [0, 0.05) is 31.3 Å². The van der Waals surface area contributed by atoms with Crippen molar-refractivity contribution >= 4 is 5.96 Å². The molecule has 3 rings (SSSR count). The van der Waals surface area contributed by atoms with Crippen LogP contribution in [0.1, 0.15) is 16.7 Å². The lowest BCUT2D eigenvalue weighted by Crippen LogP contribution is -2.38. The third-order valence-corrected chi connectivity index (χ3v) is 4.07. The molecule has 2 aromatic carbocycles. The molecule has 2 aromatic rings. The van der Waals surface area contributed by atoms with Gasteiger partial charge in [-0.1, -0.05) is 18.2 Å². The second kappa shape index (κ2) is 8.62. The van der Waals surface area contributed by atoms with Gasteiger partial charge in [0.1, 0.15) is 17.4 Å². The van der Waals surface area contributed by atoms with Crippen molar-refractivity contribution in [3.05, 3.63) is 64.7 Å². The smallest absolute Gasteiger partial charge is 0.191 e. The monoisotopic (exact) mass is 361 g/mol. The molecule has 0 unspecified atom stereocenters. The van der Waals surface area contributed by atoms with Crippen LogP contribution in [0.5, 0.6) is 5.75 Å². The number of halogens is 2. The first-order valence-corrected chi connectivity index (χ1v) is 8.37. The van der Waals surface area contributed by atoms with E-state index in [0.717, 1.165) is 5.56 Å². The summed E-state index contributed by atoms with van der Waals surface area (Å²) in [4.78, 5) is 4.12.